The molecule has 1 nitrogen and oxygen atoms in total. The van der Waals surface area contributed by atoms with Crippen LogP contribution in [0, 0.1) is 5.92 Å². The van der Waals surface area contributed by atoms with Gasteiger partial charge in [-0.1, -0.05) is 59.0 Å². The van der Waals surface area contributed by atoms with Crippen LogP contribution in [0.25, 0.3) is 0 Å². The smallest absolute Gasteiger partial charge is 0.0772 e. The van der Waals surface area contributed by atoms with Crippen LogP contribution in [-0.2, 0) is 0 Å². The van der Waals surface area contributed by atoms with E-state index in [2.05, 4.69) is 45.8 Å². The Labute approximate surface area is 99.8 Å². The van der Waals surface area contributed by atoms with Crippen molar-refractivity contribution >= 4 is 16.8 Å². The summed E-state index contributed by atoms with van der Waals surface area (Å²) in [5.74, 6) is 0.833. The van der Waals surface area contributed by atoms with Crippen LogP contribution in [0.4, 0.5) is 0 Å². The molecule has 0 aliphatic rings. The van der Waals surface area contributed by atoms with E-state index in [0.717, 1.165) is 17.4 Å². The Bertz CT molecular complexity index is 180. The van der Waals surface area contributed by atoms with Crippen LogP contribution in [0.5, 0.6) is 0 Å². The summed E-state index contributed by atoms with van der Waals surface area (Å²) >= 11 is 1.58. The van der Waals surface area contributed by atoms with Crippen molar-refractivity contribution in [3.63, 3.8) is 0 Å². The normalized spacial score (nSPS) is 10.6. The molecule has 0 saturated heterocycles. The van der Waals surface area contributed by atoms with Gasteiger partial charge in [0.25, 0.3) is 0 Å². The second-order valence-electron chi connectivity index (χ2n) is 3.83. The molecule has 0 aliphatic heterocycles. The molecule has 0 unspecified atom stereocenters. The number of unbranched alkanes of at least 4 members (excludes halogenated alkanes) is 1. The maximum absolute atomic E-state index is 4.12. The minimum Gasteiger partial charge on any atom is -0.255 e. The summed E-state index contributed by atoms with van der Waals surface area (Å²) in [6.45, 7) is 15.9. The molecule has 88 valence electrons. The minimum absolute atomic E-state index is 0.833. The predicted molar refractivity (Wildman–Crippen MR) is 75.5 cm³/mol. The zero-order valence-electron chi connectivity index (χ0n) is 10.6. The second kappa shape index (κ2) is 13.5. The molecule has 0 radical (unpaired) electrons. The van der Waals surface area contributed by atoms with Crippen molar-refractivity contribution in [3.05, 3.63) is 24.8 Å². The molecule has 0 fully saturated rings. The highest BCUT2D eigenvalue weighted by Gasteiger charge is 1.94. The van der Waals surface area contributed by atoms with Crippen molar-refractivity contribution in [2.45, 2.75) is 47.0 Å². The standard InChI is InChI=1S/C9H15NS.C4H10/c1-4-7-8-9(10-5-2)11-6-3;1-4(2)3/h5-6H,2-4,7-8H2,1H3;4H,1-3H3. The molecule has 0 aromatic heterocycles. The highest BCUT2D eigenvalue weighted by Crippen LogP contribution is 2.11. The van der Waals surface area contributed by atoms with Gasteiger partial charge in [0.1, 0.15) is 0 Å². The molecule has 0 aromatic carbocycles. The zero-order chi connectivity index (χ0) is 12.1. The van der Waals surface area contributed by atoms with E-state index in [1.165, 1.54) is 12.8 Å². The molecular formula is C13H25NS. The quantitative estimate of drug-likeness (QED) is 0.461. The lowest BCUT2D eigenvalue weighted by Crippen LogP contribution is -1.88. The van der Waals surface area contributed by atoms with E-state index in [1.54, 1.807) is 23.4 Å². The van der Waals surface area contributed by atoms with E-state index >= 15 is 0 Å². The van der Waals surface area contributed by atoms with Crippen LogP contribution in [0.3, 0.4) is 0 Å². The Morgan fingerprint density at radius 1 is 1.33 bits per heavy atom. The zero-order valence-corrected chi connectivity index (χ0v) is 11.4. The summed E-state index contributed by atoms with van der Waals surface area (Å²) in [6.07, 6.45) is 5.02. The fourth-order valence-electron chi connectivity index (χ4n) is 0.680. The summed E-state index contributed by atoms with van der Waals surface area (Å²) < 4.78 is 0. The lowest BCUT2D eigenvalue weighted by Gasteiger charge is -1.98. The third-order valence-corrected chi connectivity index (χ3v) is 1.95. The predicted octanol–water partition coefficient (Wildman–Crippen LogP) is 5.26. The molecule has 0 aliphatic carbocycles. The van der Waals surface area contributed by atoms with Crippen molar-refractivity contribution in [1.29, 1.82) is 0 Å². The molecule has 0 amide bonds. The van der Waals surface area contributed by atoms with E-state index in [0.29, 0.717) is 0 Å². The van der Waals surface area contributed by atoms with Gasteiger partial charge in [0.2, 0.25) is 0 Å². The first kappa shape index (κ1) is 16.9. The van der Waals surface area contributed by atoms with Gasteiger partial charge in [-0.3, -0.25) is 4.99 Å². The Balaban J connectivity index is 0. The third-order valence-electron chi connectivity index (χ3n) is 1.20. The molecule has 0 spiro atoms. The first-order chi connectivity index (χ1) is 7.08. The maximum atomic E-state index is 4.12. The van der Waals surface area contributed by atoms with Gasteiger partial charge in [0, 0.05) is 6.20 Å². The van der Waals surface area contributed by atoms with Crippen molar-refractivity contribution < 1.29 is 0 Å². The molecule has 0 aromatic rings. The monoisotopic (exact) mass is 227 g/mol. The lowest BCUT2D eigenvalue weighted by molar-refractivity contribution is 0.737. The lowest BCUT2D eigenvalue weighted by atomic mass is 10.3. The second-order valence-corrected chi connectivity index (χ2v) is 4.87. The first-order valence-electron chi connectivity index (χ1n) is 5.53. The summed E-state index contributed by atoms with van der Waals surface area (Å²) in [5.41, 5.74) is 0. The number of thioether (sulfide) groups is 1. The average Bonchev–Trinajstić information content (AvgIpc) is 2.14. The summed E-state index contributed by atoms with van der Waals surface area (Å²) in [7, 11) is 0. The van der Waals surface area contributed by atoms with Crippen LogP contribution < -0.4 is 0 Å². The topological polar surface area (TPSA) is 12.4 Å². The van der Waals surface area contributed by atoms with Crippen LogP contribution in [0.1, 0.15) is 47.0 Å². The summed E-state index contributed by atoms with van der Waals surface area (Å²) in [4.78, 5) is 4.12. The van der Waals surface area contributed by atoms with E-state index in [9.17, 15) is 0 Å². The molecule has 0 atom stereocenters. The van der Waals surface area contributed by atoms with E-state index in [4.69, 9.17) is 0 Å². The van der Waals surface area contributed by atoms with Crippen LogP contribution in [0.2, 0.25) is 0 Å². The summed E-state index contributed by atoms with van der Waals surface area (Å²) in [6, 6.07) is 0. The Kier molecular flexibility index (Phi) is 15.2. The van der Waals surface area contributed by atoms with E-state index < -0.39 is 0 Å². The largest absolute Gasteiger partial charge is 0.255 e. The fourth-order valence-corrected chi connectivity index (χ4v) is 1.27. The number of rotatable bonds is 5. The Morgan fingerprint density at radius 2 is 1.87 bits per heavy atom. The minimum atomic E-state index is 0.833. The van der Waals surface area contributed by atoms with Gasteiger partial charge >= 0.3 is 0 Å². The molecule has 0 bridgehead atoms. The van der Waals surface area contributed by atoms with Gasteiger partial charge in [-0.25, -0.2) is 0 Å². The van der Waals surface area contributed by atoms with Crippen LogP contribution in [0.15, 0.2) is 29.8 Å². The maximum Gasteiger partial charge on any atom is 0.0772 e. The van der Waals surface area contributed by atoms with E-state index in [1.807, 2.05) is 0 Å². The van der Waals surface area contributed by atoms with Crippen LogP contribution in [-0.4, -0.2) is 5.04 Å². The van der Waals surface area contributed by atoms with Crippen molar-refractivity contribution in [2.75, 3.05) is 0 Å². The Morgan fingerprint density at radius 3 is 2.20 bits per heavy atom. The molecule has 2 heteroatoms. The van der Waals surface area contributed by atoms with Crippen LogP contribution >= 0.6 is 11.8 Å². The molecular weight excluding hydrogens is 202 g/mol. The average molecular weight is 227 g/mol. The summed E-state index contributed by atoms with van der Waals surface area (Å²) in [5, 5.41) is 2.91. The Hall–Kier alpha value is -0.500. The van der Waals surface area contributed by atoms with Gasteiger partial charge in [0.05, 0.1) is 5.04 Å². The van der Waals surface area contributed by atoms with Crippen molar-refractivity contribution in [2.24, 2.45) is 10.9 Å². The van der Waals surface area contributed by atoms with E-state index in [-0.39, 0.29) is 0 Å². The van der Waals surface area contributed by atoms with Crippen molar-refractivity contribution in [1.82, 2.24) is 0 Å². The SMILES string of the molecule is C=CN=C(CCCC)SC=C.CC(C)C. The number of hydrogen-bond acceptors (Lipinski definition) is 2. The third kappa shape index (κ3) is 19.8. The number of nitrogens with zero attached hydrogens (tertiary/aromatic N) is 1. The molecule has 0 N–H and O–H groups in total. The highest BCUT2D eigenvalue weighted by atomic mass is 32.2. The van der Waals surface area contributed by atoms with Gasteiger partial charge in [-0.2, -0.15) is 0 Å². The van der Waals surface area contributed by atoms with Gasteiger partial charge in [-0.15, -0.1) is 0 Å². The van der Waals surface area contributed by atoms with Gasteiger partial charge < -0.3 is 0 Å². The van der Waals surface area contributed by atoms with Crippen molar-refractivity contribution in [3.8, 4) is 0 Å². The number of hydrogen-bond donors (Lipinski definition) is 0. The highest BCUT2D eigenvalue weighted by molar-refractivity contribution is 8.16. The molecule has 0 saturated carbocycles. The fraction of sp³-hybridized carbons (Fsp3) is 0.615. The number of aliphatic imine (C=N–C) groups is 1. The molecule has 0 rings (SSSR count). The molecule has 15 heavy (non-hydrogen) atoms. The first-order valence-corrected chi connectivity index (χ1v) is 6.41. The van der Waals surface area contributed by atoms with Gasteiger partial charge in [0.15, 0.2) is 0 Å². The van der Waals surface area contributed by atoms with Gasteiger partial charge in [-0.05, 0) is 24.2 Å². The molecule has 0 heterocycles.